The van der Waals surface area contributed by atoms with Gasteiger partial charge in [0.25, 0.3) is 0 Å². The third kappa shape index (κ3) is 3.88. The van der Waals surface area contributed by atoms with Crippen LogP contribution in [0, 0.1) is 0 Å². The molecular weight excluding hydrogens is 256 g/mol. The second-order valence-electron chi connectivity index (χ2n) is 4.17. The molecule has 2 N–H and O–H groups in total. The summed E-state index contributed by atoms with van der Waals surface area (Å²) >= 11 is 0. The Morgan fingerprint density at radius 2 is 1.85 bits per heavy atom. The van der Waals surface area contributed by atoms with Gasteiger partial charge < -0.3 is 14.9 Å². The first-order valence-electron chi connectivity index (χ1n) is 6.06. The first-order valence-corrected chi connectivity index (χ1v) is 6.06. The van der Waals surface area contributed by atoms with E-state index in [4.69, 9.17) is 9.84 Å². The Balaban J connectivity index is 1.92. The van der Waals surface area contributed by atoms with Crippen LogP contribution in [0.1, 0.15) is 11.1 Å². The Bertz CT molecular complexity index is 618. The van der Waals surface area contributed by atoms with Crippen molar-refractivity contribution < 1.29 is 19.7 Å². The third-order valence-corrected chi connectivity index (χ3v) is 2.64. The lowest BCUT2D eigenvalue weighted by atomic mass is 10.2. The van der Waals surface area contributed by atoms with Crippen molar-refractivity contribution >= 4 is 12.0 Å². The fourth-order valence-electron chi connectivity index (χ4n) is 1.61. The highest BCUT2D eigenvalue weighted by molar-refractivity contribution is 5.87. The smallest absolute Gasteiger partial charge is 0.331 e. The van der Waals surface area contributed by atoms with Crippen molar-refractivity contribution in [3.05, 3.63) is 65.7 Å². The number of benzene rings is 2. The third-order valence-electron chi connectivity index (χ3n) is 2.64. The Morgan fingerprint density at radius 3 is 2.55 bits per heavy atom. The van der Waals surface area contributed by atoms with Crippen LogP contribution in [0.4, 0.5) is 0 Å². The molecule has 4 heteroatoms. The highest BCUT2D eigenvalue weighted by Gasteiger charge is 2.01. The summed E-state index contributed by atoms with van der Waals surface area (Å²) in [5.41, 5.74) is 1.33. The van der Waals surface area contributed by atoms with Gasteiger partial charge in [0, 0.05) is 17.7 Å². The largest absolute Gasteiger partial charge is 0.508 e. The minimum atomic E-state index is -0.499. The molecule has 0 aliphatic rings. The molecule has 2 aromatic rings. The molecule has 0 amide bonds. The molecule has 2 rings (SSSR count). The second-order valence-corrected chi connectivity index (χ2v) is 4.17. The summed E-state index contributed by atoms with van der Waals surface area (Å²) in [6.07, 6.45) is 2.66. The van der Waals surface area contributed by atoms with Crippen molar-refractivity contribution in [2.45, 2.75) is 6.61 Å². The van der Waals surface area contributed by atoms with Gasteiger partial charge in [0.15, 0.2) is 0 Å². The van der Waals surface area contributed by atoms with Crippen molar-refractivity contribution in [1.82, 2.24) is 0 Å². The summed E-state index contributed by atoms with van der Waals surface area (Å²) in [5, 5.41) is 18.7. The van der Waals surface area contributed by atoms with E-state index in [1.165, 1.54) is 30.4 Å². The average Bonchev–Trinajstić information content (AvgIpc) is 2.45. The maximum Gasteiger partial charge on any atom is 0.331 e. The van der Waals surface area contributed by atoms with Crippen molar-refractivity contribution in [2.75, 3.05) is 0 Å². The maximum atomic E-state index is 11.5. The number of ether oxygens (including phenoxy) is 1. The van der Waals surface area contributed by atoms with Gasteiger partial charge in [-0.05, 0) is 23.8 Å². The number of aromatic hydroxyl groups is 2. The standard InChI is InChI=1S/C16H14O4/c17-14-8-6-13(15(18)10-14)7-9-16(19)20-11-12-4-2-1-3-5-12/h1-10,17-18H,11H2. The summed E-state index contributed by atoms with van der Waals surface area (Å²) < 4.78 is 5.06. The fraction of sp³-hybridized carbons (Fsp3) is 0.0625. The molecule has 102 valence electrons. The second kappa shape index (κ2) is 6.43. The van der Waals surface area contributed by atoms with Gasteiger partial charge in [0.1, 0.15) is 18.1 Å². The summed E-state index contributed by atoms with van der Waals surface area (Å²) in [5.74, 6) is -0.634. The molecule has 0 fully saturated rings. The highest BCUT2D eigenvalue weighted by Crippen LogP contribution is 2.23. The molecular formula is C16H14O4. The first kappa shape index (κ1) is 13.7. The lowest BCUT2D eigenvalue weighted by Gasteiger charge is -2.02. The van der Waals surface area contributed by atoms with E-state index in [0.717, 1.165) is 5.56 Å². The number of esters is 1. The maximum absolute atomic E-state index is 11.5. The molecule has 0 aliphatic heterocycles. The Hall–Kier alpha value is -2.75. The molecule has 0 atom stereocenters. The molecule has 2 aromatic carbocycles. The van der Waals surface area contributed by atoms with Crippen molar-refractivity contribution in [3.8, 4) is 11.5 Å². The highest BCUT2D eigenvalue weighted by atomic mass is 16.5. The lowest BCUT2D eigenvalue weighted by Crippen LogP contribution is -2.00. The number of carbonyl (C=O) groups is 1. The van der Waals surface area contributed by atoms with E-state index in [1.807, 2.05) is 30.3 Å². The van der Waals surface area contributed by atoms with Crippen LogP contribution in [0.15, 0.2) is 54.6 Å². The molecule has 20 heavy (non-hydrogen) atoms. The number of hydrogen-bond acceptors (Lipinski definition) is 4. The summed E-state index contributed by atoms with van der Waals surface area (Å²) in [6, 6.07) is 13.5. The lowest BCUT2D eigenvalue weighted by molar-refractivity contribution is -0.138. The van der Waals surface area contributed by atoms with Crippen molar-refractivity contribution in [2.24, 2.45) is 0 Å². The van der Waals surface area contributed by atoms with Crippen molar-refractivity contribution in [3.63, 3.8) is 0 Å². The molecule has 0 aromatic heterocycles. The summed E-state index contributed by atoms with van der Waals surface area (Å²) in [4.78, 5) is 11.5. The van der Waals surface area contributed by atoms with Gasteiger partial charge in [-0.3, -0.25) is 0 Å². The molecule has 0 saturated carbocycles. The number of hydrogen-bond donors (Lipinski definition) is 2. The summed E-state index contributed by atoms with van der Waals surface area (Å²) in [6.45, 7) is 0.200. The Kier molecular flexibility index (Phi) is 4.39. The van der Waals surface area contributed by atoms with E-state index in [9.17, 15) is 9.90 Å². The summed E-state index contributed by atoms with van der Waals surface area (Å²) in [7, 11) is 0. The van der Waals surface area contributed by atoms with E-state index in [1.54, 1.807) is 0 Å². The fourth-order valence-corrected chi connectivity index (χ4v) is 1.61. The van der Waals surface area contributed by atoms with Gasteiger partial charge in [-0.25, -0.2) is 4.79 Å². The van der Waals surface area contributed by atoms with Crippen LogP contribution >= 0.6 is 0 Å². The van der Waals surface area contributed by atoms with Crippen LogP contribution in [0.2, 0.25) is 0 Å². The predicted octanol–water partition coefficient (Wildman–Crippen LogP) is 2.85. The average molecular weight is 270 g/mol. The minimum Gasteiger partial charge on any atom is -0.508 e. The van der Waals surface area contributed by atoms with Crippen LogP contribution in [-0.2, 0) is 16.1 Å². The van der Waals surface area contributed by atoms with Gasteiger partial charge in [-0.15, -0.1) is 0 Å². The topological polar surface area (TPSA) is 66.8 Å². The van der Waals surface area contributed by atoms with Crippen LogP contribution in [0.5, 0.6) is 11.5 Å². The first-order chi connectivity index (χ1) is 9.65. The Morgan fingerprint density at radius 1 is 1.10 bits per heavy atom. The normalized spacial score (nSPS) is 10.6. The van der Waals surface area contributed by atoms with Gasteiger partial charge in [-0.2, -0.15) is 0 Å². The SMILES string of the molecule is O=C(C=Cc1ccc(O)cc1O)OCc1ccccc1. The molecule has 0 bridgehead atoms. The number of phenolic OH excluding ortho intramolecular Hbond substituents is 2. The van der Waals surface area contributed by atoms with E-state index >= 15 is 0 Å². The minimum absolute atomic E-state index is 0.0358. The van der Waals surface area contributed by atoms with Crippen LogP contribution in [0.3, 0.4) is 0 Å². The van der Waals surface area contributed by atoms with Crippen molar-refractivity contribution in [1.29, 1.82) is 0 Å². The molecule has 0 spiro atoms. The predicted molar refractivity (Wildman–Crippen MR) is 75.0 cm³/mol. The van der Waals surface area contributed by atoms with Gasteiger partial charge in [-0.1, -0.05) is 30.3 Å². The monoisotopic (exact) mass is 270 g/mol. The van der Waals surface area contributed by atoms with Crippen LogP contribution < -0.4 is 0 Å². The quantitative estimate of drug-likeness (QED) is 0.662. The molecule has 0 aliphatic carbocycles. The van der Waals surface area contributed by atoms with E-state index < -0.39 is 5.97 Å². The molecule has 0 saturated heterocycles. The van der Waals surface area contributed by atoms with Gasteiger partial charge in [0.2, 0.25) is 0 Å². The molecule has 0 unspecified atom stereocenters. The molecule has 0 heterocycles. The molecule has 4 nitrogen and oxygen atoms in total. The van der Waals surface area contributed by atoms with Gasteiger partial charge in [0.05, 0.1) is 0 Å². The van der Waals surface area contributed by atoms with Crippen LogP contribution in [0.25, 0.3) is 6.08 Å². The number of phenols is 2. The van der Waals surface area contributed by atoms with E-state index in [2.05, 4.69) is 0 Å². The van der Waals surface area contributed by atoms with E-state index in [0.29, 0.717) is 5.56 Å². The zero-order valence-corrected chi connectivity index (χ0v) is 10.7. The zero-order valence-electron chi connectivity index (χ0n) is 10.7. The number of rotatable bonds is 4. The Labute approximate surface area is 116 Å². The molecule has 0 radical (unpaired) electrons. The number of carbonyl (C=O) groups excluding carboxylic acids is 1. The van der Waals surface area contributed by atoms with E-state index in [-0.39, 0.29) is 18.1 Å². The zero-order chi connectivity index (χ0) is 14.4. The van der Waals surface area contributed by atoms with Crippen LogP contribution in [-0.4, -0.2) is 16.2 Å². The van der Waals surface area contributed by atoms with Gasteiger partial charge >= 0.3 is 5.97 Å².